The molecule has 110 valence electrons. The van der Waals surface area contributed by atoms with Gasteiger partial charge in [-0.15, -0.1) is 0 Å². The van der Waals surface area contributed by atoms with Crippen molar-refractivity contribution in [3.63, 3.8) is 0 Å². The summed E-state index contributed by atoms with van der Waals surface area (Å²) in [4.78, 5) is 11.9. The molecule has 2 fully saturated rings. The van der Waals surface area contributed by atoms with Crippen LogP contribution in [-0.4, -0.2) is 17.6 Å². The van der Waals surface area contributed by atoms with Crippen LogP contribution in [0, 0.1) is 11.8 Å². The largest absolute Gasteiger partial charge is 0.462 e. The molecule has 0 spiro atoms. The lowest BCUT2D eigenvalue weighted by Gasteiger charge is -2.40. The van der Waals surface area contributed by atoms with Gasteiger partial charge in [0.1, 0.15) is 6.10 Å². The molecule has 1 saturated carbocycles. The van der Waals surface area contributed by atoms with Crippen LogP contribution in [0.2, 0.25) is 0 Å². The fraction of sp³-hybridized carbons (Fsp3) is 0.938. The Bertz CT molecular complexity index is 310. The predicted octanol–water partition coefficient (Wildman–Crippen LogP) is 3.41. The van der Waals surface area contributed by atoms with Gasteiger partial charge in [-0.05, 0) is 25.7 Å². The van der Waals surface area contributed by atoms with Crippen LogP contribution in [0.4, 0.5) is 0 Å². The maximum atomic E-state index is 11.9. The molecule has 3 heteroatoms. The number of carbonyl (C=O) groups is 1. The van der Waals surface area contributed by atoms with Crippen LogP contribution in [0.25, 0.3) is 0 Å². The maximum absolute atomic E-state index is 11.9. The van der Waals surface area contributed by atoms with Gasteiger partial charge in [0.15, 0.2) is 0 Å². The van der Waals surface area contributed by atoms with Crippen molar-refractivity contribution < 1.29 is 9.53 Å². The SMILES string of the molecule is CCCCC1CC(C(C)C2(N)CCCCC2)OC1=O. The number of hydrogen-bond acceptors (Lipinski definition) is 3. The number of nitrogens with two attached hydrogens (primary N) is 1. The second-order valence-electron chi connectivity index (χ2n) is 6.63. The molecule has 1 saturated heterocycles. The minimum atomic E-state index is -0.108. The molecule has 0 aromatic heterocycles. The molecule has 1 aliphatic heterocycles. The molecule has 0 aromatic rings. The van der Waals surface area contributed by atoms with Crippen LogP contribution in [-0.2, 0) is 9.53 Å². The average molecular weight is 267 g/mol. The average Bonchev–Trinajstić information content (AvgIpc) is 2.77. The van der Waals surface area contributed by atoms with Gasteiger partial charge < -0.3 is 10.5 Å². The molecule has 3 nitrogen and oxygen atoms in total. The zero-order valence-corrected chi connectivity index (χ0v) is 12.5. The molecule has 2 aliphatic rings. The Morgan fingerprint density at radius 1 is 1.37 bits per heavy atom. The van der Waals surface area contributed by atoms with E-state index >= 15 is 0 Å². The Morgan fingerprint density at radius 3 is 2.68 bits per heavy atom. The van der Waals surface area contributed by atoms with Gasteiger partial charge in [-0.25, -0.2) is 0 Å². The van der Waals surface area contributed by atoms with Gasteiger partial charge in [0, 0.05) is 11.5 Å². The summed E-state index contributed by atoms with van der Waals surface area (Å²) in [7, 11) is 0. The smallest absolute Gasteiger partial charge is 0.309 e. The molecule has 0 amide bonds. The minimum Gasteiger partial charge on any atom is -0.462 e. The molecule has 3 atom stereocenters. The van der Waals surface area contributed by atoms with Gasteiger partial charge in [-0.3, -0.25) is 4.79 Å². The van der Waals surface area contributed by atoms with E-state index in [1.54, 1.807) is 0 Å². The van der Waals surface area contributed by atoms with Crippen LogP contribution in [0.5, 0.6) is 0 Å². The highest BCUT2D eigenvalue weighted by Crippen LogP contribution is 2.39. The summed E-state index contributed by atoms with van der Waals surface area (Å²) in [6.07, 6.45) is 10.1. The Balaban J connectivity index is 1.93. The summed E-state index contributed by atoms with van der Waals surface area (Å²) in [5, 5.41) is 0. The first-order valence-corrected chi connectivity index (χ1v) is 8.06. The molecule has 0 radical (unpaired) electrons. The molecular weight excluding hydrogens is 238 g/mol. The van der Waals surface area contributed by atoms with Gasteiger partial charge in [-0.2, -0.15) is 0 Å². The van der Waals surface area contributed by atoms with E-state index < -0.39 is 0 Å². The standard InChI is InChI=1S/C16H29NO2/c1-3-4-8-13-11-14(19-15(13)18)12(2)16(17)9-6-5-7-10-16/h12-14H,3-11,17H2,1-2H3. The Labute approximate surface area is 117 Å². The molecule has 1 heterocycles. The second-order valence-corrected chi connectivity index (χ2v) is 6.63. The molecule has 0 bridgehead atoms. The molecule has 2 rings (SSSR count). The van der Waals surface area contributed by atoms with E-state index in [0.29, 0.717) is 5.92 Å². The normalized spacial score (nSPS) is 32.1. The van der Waals surface area contributed by atoms with Gasteiger partial charge >= 0.3 is 5.97 Å². The number of carbonyl (C=O) groups excluding carboxylic acids is 1. The van der Waals surface area contributed by atoms with E-state index in [-0.39, 0.29) is 23.5 Å². The van der Waals surface area contributed by atoms with Gasteiger partial charge in [-0.1, -0.05) is 46.0 Å². The summed E-state index contributed by atoms with van der Waals surface area (Å²) in [5.74, 6) is 0.438. The van der Waals surface area contributed by atoms with Gasteiger partial charge in [0.2, 0.25) is 0 Å². The Kier molecular flexibility index (Phi) is 4.88. The highest BCUT2D eigenvalue weighted by atomic mass is 16.6. The van der Waals surface area contributed by atoms with Gasteiger partial charge in [0.25, 0.3) is 0 Å². The number of hydrogen-bond donors (Lipinski definition) is 1. The third-order valence-corrected chi connectivity index (χ3v) is 5.27. The first kappa shape index (κ1) is 14.8. The van der Waals surface area contributed by atoms with Crippen LogP contribution in [0.15, 0.2) is 0 Å². The predicted molar refractivity (Wildman–Crippen MR) is 76.7 cm³/mol. The molecule has 1 aliphatic carbocycles. The van der Waals surface area contributed by atoms with Crippen molar-refractivity contribution >= 4 is 5.97 Å². The lowest BCUT2D eigenvalue weighted by Crippen LogP contribution is -2.51. The Morgan fingerprint density at radius 2 is 2.05 bits per heavy atom. The summed E-state index contributed by atoms with van der Waals surface area (Å²) in [5.41, 5.74) is 6.47. The second kappa shape index (κ2) is 6.25. The van der Waals surface area contributed by atoms with Crippen LogP contribution < -0.4 is 5.73 Å². The summed E-state index contributed by atoms with van der Waals surface area (Å²) < 4.78 is 5.63. The van der Waals surface area contributed by atoms with E-state index in [9.17, 15) is 4.79 Å². The van der Waals surface area contributed by atoms with Crippen molar-refractivity contribution in [3.05, 3.63) is 0 Å². The summed E-state index contributed by atoms with van der Waals surface area (Å²) in [6.45, 7) is 4.35. The minimum absolute atomic E-state index is 0.0182. The van der Waals surface area contributed by atoms with Crippen LogP contribution in [0.3, 0.4) is 0 Å². The molecular formula is C16H29NO2. The maximum Gasteiger partial charge on any atom is 0.309 e. The lowest BCUT2D eigenvalue weighted by molar-refractivity contribution is -0.146. The van der Waals surface area contributed by atoms with Crippen LogP contribution >= 0.6 is 0 Å². The quantitative estimate of drug-likeness (QED) is 0.777. The van der Waals surface area contributed by atoms with Gasteiger partial charge in [0.05, 0.1) is 5.92 Å². The molecule has 3 unspecified atom stereocenters. The number of ether oxygens (including phenoxy) is 1. The van der Waals surface area contributed by atoms with Crippen molar-refractivity contribution in [3.8, 4) is 0 Å². The molecule has 2 N–H and O–H groups in total. The zero-order chi connectivity index (χ0) is 13.9. The van der Waals surface area contributed by atoms with E-state index in [1.807, 2.05) is 0 Å². The topological polar surface area (TPSA) is 52.3 Å². The van der Waals surface area contributed by atoms with E-state index in [4.69, 9.17) is 10.5 Å². The summed E-state index contributed by atoms with van der Waals surface area (Å²) in [6, 6.07) is 0. The fourth-order valence-electron chi connectivity index (χ4n) is 3.70. The van der Waals surface area contributed by atoms with Crippen molar-refractivity contribution in [2.75, 3.05) is 0 Å². The van der Waals surface area contributed by atoms with E-state index in [1.165, 1.54) is 19.3 Å². The van der Waals surface area contributed by atoms with Crippen LogP contribution in [0.1, 0.15) is 71.6 Å². The first-order valence-electron chi connectivity index (χ1n) is 8.06. The third-order valence-electron chi connectivity index (χ3n) is 5.27. The van der Waals surface area contributed by atoms with Crippen molar-refractivity contribution in [2.24, 2.45) is 17.6 Å². The zero-order valence-electron chi connectivity index (χ0n) is 12.5. The Hall–Kier alpha value is -0.570. The van der Waals surface area contributed by atoms with Crippen molar-refractivity contribution in [1.29, 1.82) is 0 Å². The first-order chi connectivity index (χ1) is 9.07. The molecule has 19 heavy (non-hydrogen) atoms. The monoisotopic (exact) mass is 267 g/mol. The molecule has 0 aromatic carbocycles. The summed E-state index contributed by atoms with van der Waals surface area (Å²) >= 11 is 0. The number of cyclic esters (lactones) is 1. The van der Waals surface area contributed by atoms with Crippen molar-refractivity contribution in [1.82, 2.24) is 0 Å². The van der Waals surface area contributed by atoms with E-state index in [0.717, 1.165) is 38.5 Å². The fourth-order valence-corrected chi connectivity index (χ4v) is 3.70. The van der Waals surface area contributed by atoms with E-state index in [2.05, 4.69) is 13.8 Å². The lowest BCUT2D eigenvalue weighted by atomic mass is 9.71. The third kappa shape index (κ3) is 3.31. The highest BCUT2D eigenvalue weighted by Gasteiger charge is 2.44. The van der Waals surface area contributed by atoms with Crippen molar-refractivity contribution in [2.45, 2.75) is 83.3 Å². The number of unbranched alkanes of at least 4 members (excludes halogenated alkanes) is 1. The number of esters is 1. The highest BCUT2D eigenvalue weighted by molar-refractivity contribution is 5.74. The number of rotatable bonds is 5.